The van der Waals surface area contributed by atoms with E-state index < -0.39 is 0 Å². The Morgan fingerprint density at radius 3 is 2.44 bits per heavy atom. The molecule has 1 aliphatic heterocycles. The van der Waals surface area contributed by atoms with Gasteiger partial charge in [-0.2, -0.15) is 0 Å². The van der Waals surface area contributed by atoms with Crippen molar-refractivity contribution < 1.29 is 4.74 Å². The number of hydrogen-bond donors (Lipinski definition) is 2. The van der Waals surface area contributed by atoms with Crippen molar-refractivity contribution in [3.63, 3.8) is 0 Å². The summed E-state index contributed by atoms with van der Waals surface area (Å²) in [5, 5.41) is 7.13. The maximum absolute atomic E-state index is 5.88. The van der Waals surface area contributed by atoms with Crippen LogP contribution in [-0.4, -0.2) is 61.8 Å². The van der Waals surface area contributed by atoms with Crippen molar-refractivity contribution in [1.29, 1.82) is 0 Å². The third-order valence-corrected chi connectivity index (χ3v) is 5.83. The Morgan fingerprint density at radius 2 is 1.88 bits per heavy atom. The lowest BCUT2D eigenvalue weighted by Gasteiger charge is -2.54. The second-order valence-corrected chi connectivity index (χ2v) is 8.47. The van der Waals surface area contributed by atoms with Crippen LogP contribution in [0.15, 0.2) is 4.99 Å². The average molecular weight is 466 g/mol. The molecular weight excluding hydrogens is 427 g/mol. The van der Waals surface area contributed by atoms with Crippen LogP contribution in [0.1, 0.15) is 54.4 Å². The summed E-state index contributed by atoms with van der Waals surface area (Å²) in [6, 6.07) is 1.65. The lowest BCUT2D eigenvalue weighted by atomic mass is 9.57. The zero-order chi connectivity index (χ0) is 17.9. The summed E-state index contributed by atoms with van der Waals surface area (Å²) >= 11 is 0. The molecule has 2 rings (SSSR count). The highest BCUT2D eigenvalue weighted by molar-refractivity contribution is 14.0. The van der Waals surface area contributed by atoms with E-state index in [4.69, 9.17) is 4.74 Å². The monoisotopic (exact) mass is 466 g/mol. The molecule has 0 bridgehead atoms. The van der Waals surface area contributed by atoms with Crippen molar-refractivity contribution >= 4 is 29.9 Å². The molecule has 0 spiro atoms. The molecule has 2 aliphatic rings. The highest BCUT2D eigenvalue weighted by atomic mass is 127. The van der Waals surface area contributed by atoms with Crippen LogP contribution in [-0.2, 0) is 4.74 Å². The minimum Gasteiger partial charge on any atom is -0.377 e. The van der Waals surface area contributed by atoms with E-state index in [1.54, 1.807) is 0 Å². The number of rotatable bonds is 7. The van der Waals surface area contributed by atoms with Gasteiger partial charge in [0.15, 0.2) is 5.96 Å². The Labute approximate surface area is 171 Å². The largest absolute Gasteiger partial charge is 0.377 e. The topological polar surface area (TPSA) is 48.9 Å². The molecule has 2 N–H and O–H groups in total. The molecule has 0 radical (unpaired) electrons. The molecular formula is C19H39IN4O. The summed E-state index contributed by atoms with van der Waals surface area (Å²) in [4.78, 5) is 6.95. The maximum Gasteiger partial charge on any atom is 0.191 e. The Bertz CT molecular complexity index is 431. The molecule has 0 amide bonds. The Hall–Kier alpha value is -0.0800. The predicted molar refractivity (Wildman–Crippen MR) is 117 cm³/mol. The molecule has 0 aromatic rings. The number of hydrogen-bond acceptors (Lipinski definition) is 3. The number of aliphatic imine (C=N–C) groups is 1. The molecule has 3 unspecified atom stereocenters. The van der Waals surface area contributed by atoms with Gasteiger partial charge in [0, 0.05) is 56.2 Å². The highest BCUT2D eigenvalue weighted by Crippen LogP contribution is 2.52. The van der Waals surface area contributed by atoms with Crippen LogP contribution >= 0.6 is 24.0 Å². The second-order valence-electron chi connectivity index (χ2n) is 8.47. The van der Waals surface area contributed by atoms with Gasteiger partial charge in [-0.3, -0.25) is 9.89 Å². The van der Waals surface area contributed by atoms with Crippen molar-refractivity contribution in [1.82, 2.24) is 15.5 Å². The van der Waals surface area contributed by atoms with E-state index in [0.29, 0.717) is 30.1 Å². The Morgan fingerprint density at radius 1 is 1.24 bits per heavy atom. The highest BCUT2D eigenvalue weighted by Gasteiger charge is 2.59. The van der Waals surface area contributed by atoms with Gasteiger partial charge in [0.1, 0.15) is 0 Å². The van der Waals surface area contributed by atoms with Gasteiger partial charge in [0.25, 0.3) is 0 Å². The van der Waals surface area contributed by atoms with E-state index in [9.17, 15) is 0 Å². The van der Waals surface area contributed by atoms with Crippen molar-refractivity contribution in [2.45, 2.75) is 78.6 Å². The summed E-state index contributed by atoms with van der Waals surface area (Å²) in [6.07, 6.45) is 2.71. The Kier molecular flexibility index (Phi) is 8.94. The van der Waals surface area contributed by atoms with Crippen molar-refractivity contribution in [2.24, 2.45) is 16.3 Å². The third-order valence-electron chi connectivity index (χ3n) is 5.83. The number of nitrogens with one attached hydrogen (secondary N) is 2. The fraction of sp³-hybridized carbons (Fsp3) is 0.947. The zero-order valence-electron chi connectivity index (χ0n) is 17.1. The van der Waals surface area contributed by atoms with Crippen molar-refractivity contribution in [2.75, 3.05) is 26.7 Å². The SMILES string of the molecule is CN=C(NCCCN(C(C)C)C(C)C)NC1C2CCOC2C1(C)C.I. The van der Waals surface area contributed by atoms with Gasteiger partial charge in [-0.15, -0.1) is 24.0 Å². The second kappa shape index (κ2) is 9.74. The first-order chi connectivity index (χ1) is 11.3. The van der Waals surface area contributed by atoms with Crippen LogP contribution in [0, 0.1) is 11.3 Å². The van der Waals surface area contributed by atoms with Gasteiger partial charge in [0.05, 0.1) is 6.10 Å². The molecule has 0 aromatic carbocycles. The predicted octanol–water partition coefficient (Wildman–Crippen LogP) is 3.09. The van der Waals surface area contributed by atoms with Crippen LogP contribution in [0.2, 0.25) is 0 Å². The molecule has 25 heavy (non-hydrogen) atoms. The van der Waals surface area contributed by atoms with Crippen LogP contribution in [0.3, 0.4) is 0 Å². The van der Waals surface area contributed by atoms with Crippen molar-refractivity contribution in [3.8, 4) is 0 Å². The van der Waals surface area contributed by atoms with Gasteiger partial charge in [-0.05, 0) is 40.5 Å². The molecule has 2 fully saturated rings. The quantitative estimate of drug-likeness (QED) is 0.262. The summed E-state index contributed by atoms with van der Waals surface area (Å²) in [5.74, 6) is 1.56. The van der Waals surface area contributed by atoms with Crippen LogP contribution in [0.5, 0.6) is 0 Å². The maximum atomic E-state index is 5.88. The minimum absolute atomic E-state index is 0. The number of guanidine groups is 1. The normalized spacial score (nSPS) is 27.9. The van der Waals surface area contributed by atoms with Gasteiger partial charge in [-0.1, -0.05) is 13.8 Å². The number of halogens is 1. The van der Waals surface area contributed by atoms with E-state index >= 15 is 0 Å². The molecule has 1 heterocycles. The van der Waals surface area contributed by atoms with E-state index in [0.717, 1.165) is 32.1 Å². The van der Waals surface area contributed by atoms with E-state index in [1.165, 1.54) is 6.42 Å². The smallest absolute Gasteiger partial charge is 0.191 e. The minimum atomic E-state index is 0. The molecule has 1 aliphatic carbocycles. The number of ether oxygens (including phenoxy) is 1. The van der Waals surface area contributed by atoms with Gasteiger partial charge in [0.2, 0.25) is 0 Å². The third kappa shape index (κ3) is 5.22. The lowest BCUT2D eigenvalue weighted by molar-refractivity contribution is -0.106. The molecule has 6 heteroatoms. The lowest BCUT2D eigenvalue weighted by Crippen LogP contribution is -2.68. The zero-order valence-corrected chi connectivity index (χ0v) is 19.5. The summed E-state index contributed by atoms with van der Waals surface area (Å²) < 4.78 is 5.88. The number of fused-ring (bicyclic) bond motifs is 1. The fourth-order valence-corrected chi connectivity index (χ4v) is 4.54. The molecule has 5 nitrogen and oxygen atoms in total. The van der Waals surface area contributed by atoms with Crippen LogP contribution < -0.4 is 10.6 Å². The summed E-state index contributed by atoms with van der Waals surface area (Å²) in [6.45, 7) is 16.7. The first-order valence-corrected chi connectivity index (χ1v) is 9.63. The molecule has 1 saturated heterocycles. The molecule has 1 saturated carbocycles. The van der Waals surface area contributed by atoms with Crippen LogP contribution in [0.4, 0.5) is 0 Å². The Balaban J connectivity index is 0.00000312. The van der Waals surface area contributed by atoms with Crippen LogP contribution in [0.25, 0.3) is 0 Å². The standard InChI is InChI=1S/C19H38N4O.HI/c1-13(2)23(14(3)4)11-8-10-21-18(20-7)22-16-15-9-12-24-17(15)19(16,5)6;/h13-17H,8-12H2,1-7H3,(H2,20,21,22);1H. The van der Waals surface area contributed by atoms with Gasteiger partial charge < -0.3 is 15.4 Å². The van der Waals surface area contributed by atoms with E-state index in [-0.39, 0.29) is 29.4 Å². The average Bonchev–Trinajstić information content (AvgIpc) is 2.96. The van der Waals surface area contributed by atoms with Crippen molar-refractivity contribution in [3.05, 3.63) is 0 Å². The fourth-order valence-electron chi connectivity index (χ4n) is 4.54. The summed E-state index contributed by atoms with van der Waals surface area (Å²) in [5.41, 5.74) is 0.185. The molecule has 3 atom stereocenters. The first kappa shape index (κ1) is 23.0. The summed E-state index contributed by atoms with van der Waals surface area (Å²) in [7, 11) is 1.86. The first-order valence-electron chi connectivity index (χ1n) is 9.63. The van der Waals surface area contributed by atoms with E-state index in [1.807, 2.05) is 7.05 Å². The van der Waals surface area contributed by atoms with Gasteiger partial charge >= 0.3 is 0 Å². The van der Waals surface area contributed by atoms with E-state index in [2.05, 4.69) is 62.1 Å². The van der Waals surface area contributed by atoms with Gasteiger partial charge in [-0.25, -0.2) is 0 Å². The molecule has 0 aromatic heterocycles. The number of nitrogens with zero attached hydrogens (tertiary/aromatic N) is 2. The molecule has 148 valence electrons.